The maximum Gasteiger partial charge on any atom is 0.319 e. The van der Waals surface area contributed by atoms with E-state index in [1.807, 2.05) is 0 Å². The number of amides is 2. The number of nitrogens with one attached hydrogen (secondary N) is 2. The number of aliphatic carboxylic acids is 1. The van der Waals surface area contributed by atoms with E-state index in [1.165, 1.54) is 7.11 Å². The molecule has 6 nitrogen and oxygen atoms in total. The fraction of sp³-hybridized carbons (Fsp3) is 0.429. The predicted molar refractivity (Wildman–Crippen MR) is 73.9 cm³/mol. The number of anilines is 1. The lowest BCUT2D eigenvalue weighted by atomic mass is 10.1. The molecular formula is C14H18N2O4. The number of hydrogen-bond acceptors (Lipinski definition) is 3. The van der Waals surface area contributed by atoms with Gasteiger partial charge in [-0.25, -0.2) is 4.79 Å². The summed E-state index contributed by atoms with van der Waals surface area (Å²) >= 11 is 0. The Balaban J connectivity index is 1.95. The Kier molecular flexibility index (Phi) is 4.45. The molecule has 1 fully saturated rings. The third-order valence-electron chi connectivity index (χ3n) is 3.26. The monoisotopic (exact) mass is 278 g/mol. The summed E-state index contributed by atoms with van der Waals surface area (Å²) in [5.41, 5.74) is 0.553. The minimum atomic E-state index is -0.903. The normalized spacial score (nSPS) is 15.2. The van der Waals surface area contributed by atoms with Crippen molar-refractivity contribution in [2.75, 3.05) is 12.4 Å². The average Bonchev–Trinajstić information content (AvgIpc) is 3.22. The molecule has 1 aromatic carbocycles. The van der Waals surface area contributed by atoms with Crippen molar-refractivity contribution in [1.29, 1.82) is 0 Å². The van der Waals surface area contributed by atoms with Gasteiger partial charge in [-0.3, -0.25) is 4.79 Å². The standard InChI is InChI=1S/C14H18N2O4/c1-20-12-5-3-2-4-10(12)15-14(19)16-11(8-13(17)18)9-6-7-9/h2-5,9,11H,6-8H2,1H3,(H,17,18)(H2,15,16,19). The molecular weight excluding hydrogens is 260 g/mol. The molecule has 3 N–H and O–H groups in total. The number of carbonyl (C=O) groups excluding carboxylic acids is 1. The van der Waals surface area contributed by atoms with Crippen molar-refractivity contribution in [3.63, 3.8) is 0 Å². The first-order valence-corrected chi connectivity index (χ1v) is 6.52. The molecule has 1 saturated carbocycles. The van der Waals surface area contributed by atoms with Gasteiger partial charge in [0.25, 0.3) is 0 Å². The average molecular weight is 278 g/mol. The number of methoxy groups -OCH3 is 1. The molecule has 1 aliphatic carbocycles. The summed E-state index contributed by atoms with van der Waals surface area (Å²) in [6.07, 6.45) is 1.88. The Morgan fingerprint density at radius 1 is 1.40 bits per heavy atom. The van der Waals surface area contributed by atoms with E-state index >= 15 is 0 Å². The number of carboxylic acids is 1. The van der Waals surface area contributed by atoms with Crippen LogP contribution in [0.5, 0.6) is 5.75 Å². The number of para-hydroxylation sites is 2. The van der Waals surface area contributed by atoms with Gasteiger partial charge in [0.15, 0.2) is 0 Å². The van der Waals surface area contributed by atoms with Crippen LogP contribution in [0.4, 0.5) is 10.5 Å². The number of carboxylic acid groups (broad SMARTS) is 1. The quantitative estimate of drug-likeness (QED) is 0.743. The zero-order valence-electron chi connectivity index (χ0n) is 11.3. The fourth-order valence-electron chi connectivity index (χ4n) is 2.10. The van der Waals surface area contributed by atoms with Crippen molar-refractivity contribution in [3.05, 3.63) is 24.3 Å². The van der Waals surface area contributed by atoms with Crippen LogP contribution in [-0.4, -0.2) is 30.3 Å². The van der Waals surface area contributed by atoms with Crippen molar-refractivity contribution < 1.29 is 19.4 Å². The molecule has 0 aromatic heterocycles. The lowest BCUT2D eigenvalue weighted by molar-refractivity contribution is -0.137. The first-order chi connectivity index (χ1) is 9.60. The molecule has 1 aliphatic rings. The molecule has 0 heterocycles. The zero-order chi connectivity index (χ0) is 14.5. The second-order valence-electron chi connectivity index (χ2n) is 4.84. The molecule has 2 rings (SSSR count). The van der Waals surface area contributed by atoms with Crippen LogP contribution in [0, 0.1) is 5.92 Å². The maximum atomic E-state index is 11.9. The minimum Gasteiger partial charge on any atom is -0.495 e. The van der Waals surface area contributed by atoms with Gasteiger partial charge in [-0.2, -0.15) is 0 Å². The largest absolute Gasteiger partial charge is 0.495 e. The van der Waals surface area contributed by atoms with Crippen LogP contribution < -0.4 is 15.4 Å². The highest BCUT2D eigenvalue weighted by Gasteiger charge is 2.33. The van der Waals surface area contributed by atoms with Gasteiger partial charge in [-0.05, 0) is 30.9 Å². The van der Waals surface area contributed by atoms with Gasteiger partial charge in [0.2, 0.25) is 0 Å². The molecule has 0 spiro atoms. The van der Waals surface area contributed by atoms with Crippen molar-refractivity contribution in [3.8, 4) is 5.75 Å². The molecule has 0 radical (unpaired) electrons. The van der Waals surface area contributed by atoms with Crippen LogP contribution in [-0.2, 0) is 4.79 Å². The number of carbonyl (C=O) groups is 2. The van der Waals surface area contributed by atoms with Gasteiger partial charge in [0.1, 0.15) is 5.75 Å². The Bertz CT molecular complexity index is 500. The van der Waals surface area contributed by atoms with E-state index in [9.17, 15) is 9.59 Å². The van der Waals surface area contributed by atoms with Crippen molar-refractivity contribution in [1.82, 2.24) is 5.32 Å². The zero-order valence-corrected chi connectivity index (χ0v) is 11.3. The van der Waals surface area contributed by atoms with E-state index in [1.54, 1.807) is 24.3 Å². The Labute approximate surface area is 117 Å². The lowest BCUT2D eigenvalue weighted by Gasteiger charge is -2.17. The van der Waals surface area contributed by atoms with E-state index in [2.05, 4.69) is 10.6 Å². The second kappa shape index (κ2) is 6.27. The molecule has 6 heteroatoms. The number of urea groups is 1. The summed E-state index contributed by atoms with van der Waals surface area (Å²) < 4.78 is 5.14. The second-order valence-corrected chi connectivity index (χ2v) is 4.84. The lowest BCUT2D eigenvalue weighted by Crippen LogP contribution is -2.40. The first kappa shape index (κ1) is 14.2. The molecule has 1 aromatic rings. The number of rotatable bonds is 6. The third-order valence-corrected chi connectivity index (χ3v) is 3.26. The number of ether oxygens (including phenoxy) is 1. The van der Waals surface area contributed by atoms with E-state index < -0.39 is 12.0 Å². The molecule has 108 valence electrons. The summed E-state index contributed by atoms with van der Waals surface area (Å²) in [5, 5.41) is 14.3. The van der Waals surface area contributed by atoms with Gasteiger partial charge < -0.3 is 20.5 Å². The maximum absolute atomic E-state index is 11.9. The van der Waals surface area contributed by atoms with Gasteiger partial charge in [0.05, 0.1) is 19.2 Å². The SMILES string of the molecule is COc1ccccc1NC(=O)NC(CC(=O)O)C1CC1. The molecule has 2 amide bonds. The van der Waals surface area contributed by atoms with Crippen LogP contribution in [0.25, 0.3) is 0 Å². The fourth-order valence-corrected chi connectivity index (χ4v) is 2.10. The van der Waals surface area contributed by atoms with Crippen molar-refractivity contribution in [2.24, 2.45) is 5.92 Å². The molecule has 1 atom stereocenters. The van der Waals surface area contributed by atoms with Crippen LogP contribution in [0.15, 0.2) is 24.3 Å². The van der Waals surface area contributed by atoms with Gasteiger partial charge in [-0.1, -0.05) is 12.1 Å². The Hall–Kier alpha value is -2.24. The van der Waals surface area contributed by atoms with Crippen molar-refractivity contribution >= 4 is 17.7 Å². The Morgan fingerprint density at radius 2 is 2.10 bits per heavy atom. The van der Waals surface area contributed by atoms with Crippen molar-refractivity contribution in [2.45, 2.75) is 25.3 Å². The molecule has 0 saturated heterocycles. The Morgan fingerprint density at radius 3 is 2.70 bits per heavy atom. The molecule has 1 unspecified atom stereocenters. The third kappa shape index (κ3) is 3.88. The van der Waals surface area contributed by atoms with Crippen LogP contribution in [0.2, 0.25) is 0 Å². The summed E-state index contributed by atoms with van der Waals surface area (Å²) in [6.45, 7) is 0. The summed E-state index contributed by atoms with van der Waals surface area (Å²) in [4.78, 5) is 22.7. The summed E-state index contributed by atoms with van der Waals surface area (Å²) in [7, 11) is 1.52. The van der Waals surface area contributed by atoms with Gasteiger partial charge >= 0.3 is 12.0 Å². The van der Waals surface area contributed by atoms with Gasteiger partial charge in [0, 0.05) is 6.04 Å². The van der Waals surface area contributed by atoms with E-state index in [0.29, 0.717) is 11.4 Å². The van der Waals surface area contributed by atoms with Crippen LogP contribution >= 0.6 is 0 Å². The smallest absolute Gasteiger partial charge is 0.319 e. The predicted octanol–water partition coefficient (Wildman–Crippen LogP) is 2.07. The first-order valence-electron chi connectivity index (χ1n) is 6.52. The minimum absolute atomic E-state index is 0.0516. The van der Waals surface area contributed by atoms with E-state index in [0.717, 1.165) is 12.8 Å². The van der Waals surface area contributed by atoms with Crippen LogP contribution in [0.1, 0.15) is 19.3 Å². The summed E-state index contributed by atoms with van der Waals surface area (Å²) in [6, 6.07) is 6.33. The molecule has 0 aliphatic heterocycles. The highest BCUT2D eigenvalue weighted by molar-refractivity contribution is 5.91. The summed E-state index contributed by atoms with van der Waals surface area (Å²) in [5.74, 6) is -0.0714. The highest BCUT2D eigenvalue weighted by Crippen LogP contribution is 2.34. The van der Waals surface area contributed by atoms with E-state index in [4.69, 9.17) is 9.84 Å². The number of hydrogen-bond donors (Lipinski definition) is 3. The highest BCUT2D eigenvalue weighted by atomic mass is 16.5. The van der Waals surface area contributed by atoms with Crippen LogP contribution in [0.3, 0.4) is 0 Å². The topological polar surface area (TPSA) is 87.7 Å². The molecule has 20 heavy (non-hydrogen) atoms. The van der Waals surface area contributed by atoms with Gasteiger partial charge in [-0.15, -0.1) is 0 Å². The number of benzene rings is 1. The van der Waals surface area contributed by atoms with E-state index in [-0.39, 0.29) is 18.4 Å². The molecule has 0 bridgehead atoms.